The summed E-state index contributed by atoms with van der Waals surface area (Å²) >= 11 is 0. The molecule has 0 heterocycles. The maximum Gasteiger partial charge on any atom is -0.0391 e. The van der Waals surface area contributed by atoms with E-state index in [1.165, 1.54) is 89.9 Å². The third-order valence-corrected chi connectivity index (χ3v) is 4.80. The average molecular weight is 283 g/mol. The molecule has 0 nitrogen and oxygen atoms in total. The molecule has 0 N–H and O–H groups in total. The smallest absolute Gasteiger partial charge is 0.0391 e. The van der Waals surface area contributed by atoms with Crippen LogP contribution in [0, 0.1) is 11.8 Å². The Morgan fingerprint density at radius 3 is 1.20 bits per heavy atom. The van der Waals surface area contributed by atoms with Crippen molar-refractivity contribution in [3.05, 3.63) is 0 Å². The van der Waals surface area contributed by atoms with Gasteiger partial charge in [0.2, 0.25) is 0 Å². The molecule has 0 unspecified atom stereocenters. The Morgan fingerprint density at radius 1 is 0.500 bits per heavy atom. The topological polar surface area (TPSA) is 0 Å². The Morgan fingerprint density at radius 2 is 0.850 bits per heavy atom. The van der Waals surface area contributed by atoms with E-state index in [1.807, 2.05) is 0 Å². The van der Waals surface area contributed by atoms with Gasteiger partial charge in [-0.1, -0.05) is 118 Å². The number of hydrogen-bond donors (Lipinski definition) is 0. The second kappa shape index (κ2) is 15.4. The lowest BCUT2D eigenvalue weighted by Gasteiger charge is -2.20. The summed E-state index contributed by atoms with van der Waals surface area (Å²) in [6.45, 7) is 9.46. The van der Waals surface area contributed by atoms with Gasteiger partial charge in [0.15, 0.2) is 0 Å². The predicted octanol–water partition coefficient (Wildman–Crippen LogP) is 7.76. The van der Waals surface area contributed by atoms with E-state index in [0.29, 0.717) is 0 Å². The first kappa shape index (κ1) is 20.0. The van der Waals surface area contributed by atoms with Crippen molar-refractivity contribution in [2.45, 2.75) is 118 Å². The Balaban J connectivity index is 3.51. The molecule has 0 amide bonds. The summed E-state index contributed by atoms with van der Waals surface area (Å²) in [6.07, 6.45) is 20.3. The highest BCUT2D eigenvalue weighted by Gasteiger charge is 2.12. The van der Waals surface area contributed by atoms with Crippen LogP contribution in [0.25, 0.3) is 0 Å². The standard InChI is InChI=1S/C20H42/c1-5-7-9-11-13-15-17-20(19(3)4)18-16-14-12-10-8-6-2/h19-20H,5-18H2,1-4H3. The third-order valence-electron chi connectivity index (χ3n) is 4.80. The average Bonchev–Trinajstić information content (AvgIpc) is 2.43. The monoisotopic (exact) mass is 282 g/mol. The number of unbranched alkanes of at least 4 members (excludes halogenated alkanes) is 10. The summed E-state index contributed by atoms with van der Waals surface area (Å²) in [5.74, 6) is 1.88. The first-order valence-corrected chi connectivity index (χ1v) is 9.72. The van der Waals surface area contributed by atoms with E-state index in [9.17, 15) is 0 Å². The maximum absolute atomic E-state index is 2.43. The van der Waals surface area contributed by atoms with Gasteiger partial charge in [0.05, 0.1) is 0 Å². The molecule has 0 aromatic carbocycles. The lowest BCUT2D eigenvalue weighted by atomic mass is 9.85. The van der Waals surface area contributed by atoms with Crippen molar-refractivity contribution in [2.75, 3.05) is 0 Å². The van der Waals surface area contributed by atoms with Gasteiger partial charge in [0, 0.05) is 0 Å². The molecule has 0 atom stereocenters. The summed E-state index contributed by atoms with van der Waals surface area (Å²) in [5, 5.41) is 0. The highest BCUT2D eigenvalue weighted by molar-refractivity contribution is 4.64. The highest BCUT2D eigenvalue weighted by atomic mass is 14.2. The van der Waals surface area contributed by atoms with Crippen LogP contribution < -0.4 is 0 Å². The van der Waals surface area contributed by atoms with Gasteiger partial charge in [-0.25, -0.2) is 0 Å². The second-order valence-corrected chi connectivity index (χ2v) is 7.12. The molecule has 0 aliphatic carbocycles. The maximum atomic E-state index is 2.43. The fourth-order valence-electron chi connectivity index (χ4n) is 3.18. The van der Waals surface area contributed by atoms with E-state index in [4.69, 9.17) is 0 Å². The van der Waals surface area contributed by atoms with Crippen molar-refractivity contribution in [1.29, 1.82) is 0 Å². The SMILES string of the molecule is CCCCCCCCC(CCCCCCCC)C(C)C. The minimum absolute atomic E-state index is 0.890. The van der Waals surface area contributed by atoms with E-state index < -0.39 is 0 Å². The van der Waals surface area contributed by atoms with Gasteiger partial charge >= 0.3 is 0 Å². The molecule has 0 aromatic rings. The van der Waals surface area contributed by atoms with Crippen LogP contribution in [0.2, 0.25) is 0 Å². The van der Waals surface area contributed by atoms with E-state index in [2.05, 4.69) is 27.7 Å². The van der Waals surface area contributed by atoms with Crippen molar-refractivity contribution >= 4 is 0 Å². The van der Waals surface area contributed by atoms with Crippen LogP contribution in [-0.4, -0.2) is 0 Å². The summed E-state index contributed by atoms with van der Waals surface area (Å²) in [6, 6.07) is 0. The zero-order chi connectivity index (χ0) is 15.1. The molecule has 122 valence electrons. The van der Waals surface area contributed by atoms with E-state index in [1.54, 1.807) is 0 Å². The Labute approximate surface area is 130 Å². The molecule has 0 radical (unpaired) electrons. The zero-order valence-electron chi connectivity index (χ0n) is 15.1. The Hall–Kier alpha value is 0. The van der Waals surface area contributed by atoms with Crippen LogP contribution in [0.5, 0.6) is 0 Å². The summed E-state index contributed by atoms with van der Waals surface area (Å²) in [4.78, 5) is 0. The molecule has 0 heteroatoms. The van der Waals surface area contributed by atoms with E-state index in [0.717, 1.165) is 11.8 Å². The van der Waals surface area contributed by atoms with Crippen molar-refractivity contribution in [1.82, 2.24) is 0 Å². The van der Waals surface area contributed by atoms with Crippen molar-refractivity contribution in [2.24, 2.45) is 11.8 Å². The molecule has 20 heavy (non-hydrogen) atoms. The molecule has 0 rings (SSSR count). The van der Waals surface area contributed by atoms with Crippen molar-refractivity contribution < 1.29 is 0 Å². The molecule has 0 spiro atoms. The highest BCUT2D eigenvalue weighted by Crippen LogP contribution is 2.25. The van der Waals surface area contributed by atoms with Crippen LogP contribution in [0.1, 0.15) is 118 Å². The molecular formula is C20H42. The quantitative estimate of drug-likeness (QED) is 0.269. The van der Waals surface area contributed by atoms with Gasteiger partial charge in [-0.05, 0) is 11.8 Å². The fraction of sp³-hybridized carbons (Fsp3) is 1.00. The van der Waals surface area contributed by atoms with Crippen LogP contribution in [0.15, 0.2) is 0 Å². The number of hydrogen-bond acceptors (Lipinski definition) is 0. The fourth-order valence-corrected chi connectivity index (χ4v) is 3.18. The number of rotatable bonds is 15. The molecule has 0 fully saturated rings. The normalized spacial score (nSPS) is 11.7. The molecule has 0 aliphatic heterocycles. The van der Waals surface area contributed by atoms with Crippen LogP contribution in [0.4, 0.5) is 0 Å². The zero-order valence-corrected chi connectivity index (χ0v) is 15.1. The van der Waals surface area contributed by atoms with Crippen molar-refractivity contribution in [3.8, 4) is 0 Å². The van der Waals surface area contributed by atoms with Gasteiger partial charge in [-0.3, -0.25) is 0 Å². The molecule has 0 saturated heterocycles. The summed E-state index contributed by atoms with van der Waals surface area (Å²) in [7, 11) is 0. The molecular weight excluding hydrogens is 240 g/mol. The first-order valence-electron chi connectivity index (χ1n) is 9.72. The van der Waals surface area contributed by atoms with Gasteiger partial charge in [0.25, 0.3) is 0 Å². The van der Waals surface area contributed by atoms with Gasteiger partial charge < -0.3 is 0 Å². The predicted molar refractivity (Wildman–Crippen MR) is 94.3 cm³/mol. The summed E-state index contributed by atoms with van der Waals surface area (Å²) < 4.78 is 0. The van der Waals surface area contributed by atoms with Crippen LogP contribution in [-0.2, 0) is 0 Å². The molecule has 0 aliphatic rings. The van der Waals surface area contributed by atoms with E-state index in [-0.39, 0.29) is 0 Å². The Bertz CT molecular complexity index is 155. The van der Waals surface area contributed by atoms with Gasteiger partial charge in [0.1, 0.15) is 0 Å². The van der Waals surface area contributed by atoms with Gasteiger partial charge in [-0.2, -0.15) is 0 Å². The molecule has 0 saturated carbocycles. The second-order valence-electron chi connectivity index (χ2n) is 7.12. The minimum Gasteiger partial charge on any atom is -0.0654 e. The molecule has 0 bridgehead atoms. The van der Waals surface area contributed by atoms with Gasteiger partial charge in [-0.15, -0.1) is 0 Å². The van der Waals surface area contributed by atoms with Crippen LogP contribution >= 0.6 is 0 Å². The third kappa shape index (κ3) is 13.0. The largest absolute Gasteiger partial charge is 0.0654 e. The molecule has 0 aromatic heterocycles. The van der Waals surface area contributed by atoms with Crippen molar-refractivity contribution in [3.63, 3.8) is 0 Å². The first-order chi connectivity index (χ1) is 9.72. The lowest BCUT2D eigenvalue weighted by molar-refractivity contribution is 0.312. The minimum atomic E-state index is 0.890. The van der Waals surface area contributed by atoms with Crippen LogP contribution in [0.3, 0.4) is 0 Å². The summed E-state index contributed by atoms with van der Waals surface area (Å²) in [5.41, 5.74) is 0. The Kier molecular flexibility index (Phi) is 15.4. The van der Waals surface area contributed by atoms with E-state index >= 15 is 0 Å². The lowest BCUT2D eigenvalue weighted by Crippen LogP contribution is -2.08.